The zero-order valence-electron chi connectivity index (χ0n) is 17.2. The summed E-state index contributed by atoms with van der Waals surface area (Å²) in [5.74, 6) is -0.156. The number of ether oxygens (including phenoxy) is 1. The van der Waals surface area contributed by atoms with Crippen LogP contribution in [0.1, 0.15) is 36.8 Å². The Morgan fingerprint density at radius 3 is 2.34 bits per heavy atom. The van der Waals surface area contributed by atoms with Crippen LogP contribution in [0, 0.1) is 0 Å². The number of halogens is 2. The quantitative estimate of drug-likeness (QED) is 0.462. The summed E-state index contributed by atoms with van der Waals surface area (Å²) in [6, 6.07) is 7.57. The van der Waals surface area contributed by atoms with Crippen LogP contribution in [0.5, 0.6) is 5.75 Å². The number of imidazole rings is 1. The number of hydrogen-bond donors (Lipinski definition) is 1. The third-order valence-corrected chi connectivity index (χ3v) is 6.04. The van der Waals surface area contributed by atoms with Gasteiger partial charge in [-0.05, 0) is 29.7 Å². The fourth-order valence-corrected chi connectivity index (χ4v) is 4.88. The van der Waals surface area contributed by atoms with Crippen molar-refractivity contribution in [2.45, 2.75) is 37.9 Å². The highest BCUT2D eigenvalue weighted by atomic mass is 35.5. The van der Waals surface area contributed by atoms with Crippen molar-refractivity contribution in [1.82, 2.24) is 14.5 Å². The van der Waals surface area contributed by atoms with E-state index in [0.29, 0.717) is 0 Å². The average molecular weight is 499 g/mol. The molecule has 170 valence electrons. The van der Waals surface area contributed by atoms with Gasteiger partial charge in [0.1, 0.15) is 11.6 Å². The summed E-state index contributed by atoms with van der Waals surface area (Å²) in [5.41, 5.74) is 6.08. The predicted molar refractivity (Wildman–Crippen MR) is 118 cm³/mol. The van der Waals surface area contributed by atoms with Crippen molar-refractivity contribution in [1.29, 1.82) is 0 Å². The molecule has 1 aromatic carbocycles. The number of carbonyl (C=O) groups is 1. The van der Waals surface area contributed by atoms with Crippen LogP contribution in [0.15, 0.2) is 47.8 Å². The minimum atomic E-state index is -4.40. The smallest absolute Gasteiger partial charge is 0.404 e. The van der Waals surface area contributed by atoms with Gasteiger partial charge in [-0.25, -0.2) is 9.78 Å². The third-order valence-electron chi connectivity index (χ3n) is 4.28. The van der Waals surface area contributed by atoms with Crippen molar-refractivity contribution in [3.05, 3.63) is 69.9 Å². The highest BCUT2D eigenvalue weighted by molar-refractivity contribution is 7.87. The molecule has 0 unspecified atom stereocenters. The van der Waals surface area contributed by atoms with Crippen molar-refractivity contribution in [3.8, 4) is 5.75 Å². The SMILES string of the molecule is CC(C)c1nc(COC(N)=O)n(Cc2ccncc2)c1S(=O)(=O)Oc1cc(Cl)cc(Cl)c1. The molecule has 2 heterocycles. The molecule has 3 aromatic rings. The first-order chi connectivity index (χ1) is 15.1. The second kappa shape index (κ2) is 9.76. The molecule has 9 nitrogen and oxygen atoms in total. The van der Waals surface area contributed by atoms with Crippen molar-refractivity contribution >= 4 is 39.4 Å². The Labute approximate surface area is 195 Å². The Morgan fingerprint density at radius 2 is 1.78 bits per heavy atom. The summed E-state index contributed by atoms with van der Waals surface area (Å²) >= 11 is 12.0. The monoisotopic (exact) mass is 498 g/mol. The number of benzene rings is 1. The number of rotatable bonds is 8. The minimum Gasteiger partial charge on any atom is -0.442 e. The first kappa shape index (κ1) is 23.8. The van der Waals surface area contributed by atoms with Gasteiger partial charge in [-0.15, -0.1) is 0 Å². The van der Waals surface area contributed by atoms with E-state index in [0.717, 1.165) is 5.56 Å². The number of pyridine rings is 1. The second-order valence-electron chi connectivity index (χ2n) is 7.07. The highest BCUT2D eigenvalue weighted by Gasteiger charge is 2.32. The normalized spacial score (nSPS) is 11.5. The molecular weight excluding hydrogens is 479 g/mol. The molecule has 3 rings (SSSR count). The molecule has 12 heteroatoms. The van der Waals surface area contributed by atoms with Crippen molar-refractivity contribution < 1.29 is 22.1 Å². The Morgan fingerprint density at radius 1 is 1.16 bits per heavy atom. The van der Waals surface area contributed by atoms with Crippen LogP contribution in [-0.4, -0.2) is 29.0 Å². The van der Waals surface area contributed by atoms with Crippen molar-refractivity contribution in [3.63, 3.8) is 0 Å². The topological polar surface area (TPSA) is 126 Å². The van der Waals surface area contributed by atoms with Gasteiger partial charge in [0.2, 0.25) is 0 Å². The molecule has 0 aliphatic heterocycles. The molecule has 0 aliphatic carbocycles. The molecule has 0 atom stereocenters. The lowest BCUT2D eigenvalue weighted by Crippen LogP contribution is -2.20. The van der Waals surface area contributed by atoms with Crippen LogP contribution in [-0.2, 0) is 28.0 Å². The molecule has 0 spiro atoms. The number of aromatic nitrogens is 3. The minimum absolute atomic E-state index is 0.0520. The maximum Gasteiger partial charge on any atom is 0.404 e. The molecule has 0 saturated carbocycles. The van der Waals surface area contributed by atoms with E-state index < -0.39 is 16.2 Å². The van der Waals surface area contributed by atoms with E-state index >= 15 is 0 Å². The van der Waals surface area contributed by atoms with E-state index in [9.17, 15) is 13.2 Å². The van der Waals surface area contributed by atoms with E-state index in [4.69, 9.17) is 37.9 Å². The molecule has 0 bridgehead atoms. The first-order valence-corrected chi connectivity index (χ1v) is 11.5. The van der Waals surface area contributed by atoms with Crippen molar-refractivity contribution in [2.75, 3.05) is 0 Å². The number of nitrogens with two attached hydrogens (primary N) is 1. The second-order valence-corrected chi connectivity index (χ2v) is 9.40. The van der Waals surface area contributed by atoms with Crippen LogP contribution in [0.25, 0.3) is 0 Å². The number of carbonyl (C=O) groups excluding carboxylic acids is 1. The lowest BCUT2D eigenvalue weighted by atomic mass is 10.1. The van der Waals surface area contributed by atoms with Gasteiger partial charge in [-0.2, -0.15) is 8.42 Å². The Bertz CT molecular complexity index is 1210. The van der Waals surface area contributed by atoms with Gasteiger partial charge in [-0.1, -0.05) is 37.0 Å². The van der Waals surface area contributed by atoms with Gasteiger partial charge in [0.25, 0.3) is 0 Å². The Hall–Kier alpha value is -2.82. The first-order valence-electron chi connectivity index (χ1n) is 9.38. The largest absolute Gasteiger partial charge is 0.442 e. The summed E-state index contributed by atoms with van der Waals surface area (Å²) in [6.45, 7) is 3.35. The van der Waals surface area contributed by atoms with Crippen LogP contribution >= 0.6 is 23.2 Å². The van der Waals surface area contributed by atoms with E-state index in [1.807, 2.05) is 0 Å². The third kappa shape index (κ3) is 5.70. The molecule has 2 aromatic heterocycles. The summed E-state index contributed by atoms with van der Waals surface area (Å²) < 4.78 is 38.5. The van der Waals surface area contributed by atoms with E-state index in [1.165, 1.54) is 22.8 Å². The van der Waals surface area contributed by atoms with Gasteiger partial charge in [-0.3, -0.25) is 4.98 Å². The molecule has 0 aliphatic rings. The van der Waals surface area contributed by atoms with Crippen LogP contribution < -0.4 is 9.92 Å². The van der Waals surface area contributed by atoms with Crippen molar-refractivity contribution in [2.24, 2.45) is 5.73 Å². The van der Waals surface area contributed by atoms with Crippen LogP contribution in [0.2, 0.25) is 10.0 Å². The molecule has 0 saturated heterocycles. The summed E-state index contributed by atoms with van der Waals surface area (Å²) in [7, 11) is -4.40. The fourth-order valence-electron chi connectivity index (χ4n) is 2.96. The average Bonchev–Trinajstić information content (AvgIpc) is 3.05. The molecule has 0 fully saturated rings. The molecule has 1 amide bonds. The summed E-state index contributed by atoms with van der Waals surface area (Å²) in [6.07, 6.45) is 2.14. The number of nitrogens with zero attached hydrogens (tertiary/aromatic N) is 3. The lowest BCUT2D eigenvalue weighted by Gasteiger charge is -2.15. The van der Waals surface area contributed by atoms with E-state index in [2.05, 4.69) is 9.97 Å². The maximum absolute atomic E-state index is 13.4. The Kier molecular flexibility index (Phi) is 7.27. The number of hydrogen-bond acceptors (Lipinski definition) is 7. The zero-order chi connectivity index (χ0) is 23.5. The number of primary amides is 1. The molecular formula is C20H20Cl2N4O5S. The summed E-state index contributed by atoms with van der Waals surface area (Å²) in [5, 5.41) is 0.253. The lowest BCUT2D eigenvalue weighted by molar-refractivity contribution is 0.145. The fraction of sp³-hybridized carbons (Fsp3) is 0.250. The van der Waals surface area contributed by atoms with Gasteiger partial charge in [0.05, 0.1) is 12.2 Å². The van der Waals surface area contributed by atoms with Crippen LogP contribution in [0.4, 0.5) is 4.79 Å². The Balaban J connectivity index is 2.15. The van der Waals surface area contributed by atoms with E-state index in [-0.39, 0.29) is 51.4 Å². The van der Waals surface area contributed by atoms with Gasteiger partial charge in [0, 0.05) is 34.6 Å². The van der Waals surface area contributed by atoms with Gasteiger partial charge in [0.15, 0.2) is 11.6 Å². The van der Waals surface area contributed by atoms with Gasteiger partial charge >= 0.3 is 16.2 Å². The predicted octanol–water partition coefficient (Wildman–Crippen LogP) is 4.12. The van der Waals surface area contributed by atoms with E-state index in [1.54, 1.807) is 38.4 Å². The molecule has 32 heavy (non-hydrogen) atoms. The number of amides is 1. The molecule has 2 N–H and O–H groups in total. The molecule has 0 radical (unpaired) electrons. The zero-order valence-corrected chi connectivity index (χ0v) is 19.5. The maximum atomic E-state index is 13.4. The highest BCUT2D eigenvalue weighted by Crippen LogP contribution is 2.31. The summed E-state index contributed by atoms with van der Waals surface area (Å²) in [4.78, 5) is 19.5. The van der Waals surface area contributed by atoms with Gasteiger partial charge < -0.3 is 19.2 Å². The van der Waals surface area contributed by atoms with Crippen LogP contribution in [0.3, 0.4) is 0 Å². The standard InChI is InChI=1S/C20H20Cl2N4O5S/c1-12(2)18-19(32(28,29)31-16-8-14(21)7-15(22)9-16)26(10-13-3-5-24-6-4-13)17(25-18)11-30-20(23)27/h3-9,12H,10-11H2,1-2H3,(H2,23,27).